The van der Waals surface area contributed by atoms with Crippen LogP contribution in [0.2, 0.25) is 0 Å². The summed E-state index contributed by atoms with van der Waals surface area (Å²) in [4.78, 5) is 27.8. The van der Waals surface area contributed by atoms with E-state index < -0.39 is 0 Å². The van der Waals surface area contributed by atoms with Gasteiger partial charge in [-0.2, -0.15) is 0 Å². The molecule has 88 valence electrons. The summed E-state index contributed by atoms with van der Waals surface area (Å²) in [6.45, 7) is 0. The van der Waals surface area contributed by atoms with E-state index in [2.05, 4.69) is 10.2 Å². The lowest BCUT2D eigenvalue weighted by molar-refractivity contribution is -0.736. The minimum atomic E-state index is -0.130. The molecule has 1 aromatic heterocycles. The Morgan fingerprint density at radius 1 is 1.47 bits per heavy atom. The zero-order chi connectivity index (χ0) is 12.4. The molecule has 0 saturated heterocycles. The highest BCUT2D eigenvalue weighted by Gasteiger charge is 2.17. The van der Waals surface area contributed by atoms with E-state index in [1.165, 1.54) is 18.4 Å². The van der Waals surface area contributed by atoms with Crippen LogP contribution in [-0.4, -0.2) is 25.0 Å². The van der Waals surface area contributed by atoms with Crippen molar-refractivity contribution in [2.75, 3.05) is 14.2 Å². The molecule has 0 fully saturated rings. The number of fused-ring (bicyclic) bond motifs is 1. The number of carbonyl (C=O) groups is 1. The molecule has 2 rings (SSSR count). The predicted octanol–water partition coefficient (Wildman–Crippen LogP) is 2.23. The van der Waals surface area contributed by atoms with Gasteiger partial charge in [0.05, 0.1) is 10.5 Å². The van der Waals surface area contributed by atoms with Crippen molar-refractivity contribution in [2.45, 2.75) is 0 Å². The summed E-state index contributed by atoms with van der Waals surface area (Å²) in [5.41, 5.74) is 1.03. The number of rotatable bonds is 3. The second-order valence-electron chi connectivity index (χ2n) is 3.35. The van der Waals surface area contributed by atoms with Crippen LogP contribution in [0.5, 0.6) is 0 Å². The number of thiophene rings is 1. The zero-order valence-electron chi connectivity index (χ0n) is 9.39. The quantitative estimate of drug-likeness (QED) is 0.851. The standard InChI is InChI=1S/C11H10N2O3S/c1-12-11(14)9-6-17-10-5-7(13(15)16-2)3-4-8(9)10/h3-6H,1-2H3/p+1. The summed E-state index contributed by atoms with van der Waals surface area (Å²) >= 11 is 1.42. The largest absolute Gasteiger partial charge is 0.355 e. The normalized spacial score (nSPS) is 10.2. The van der Waals surface area contributed by atoms with Gasteiger partial charge in [0.25, 0.3) is 10.8 Å². The van der Waals surface area contributed by atoms with Crippen molar-refractivity contribution in [3.8, 4) is 0 Å². The Labute approximate surface area is 102 Å². The van der Waals surface area contributed by atoms with Crippen LogP contribution in [0.3, 0.4) is 0 Å². The van der Waals surface area contributed by atoms with Gasteiger partial charge in [-0.15, -0.1) is 11.3 Å². The average molecular weight is 251 g/mol. The van der Waals surface area contributed by atoms with E-state index in [-0.39, 0.29) is 5.91 Å². The van der Waals surface area contributed by atoms with Gasteiger partial charge in [0.15, 0.2) is 7.11 Å². The van der Waals surface area contributed by atoms with Gasteiger partial charge >= 0.3 is 5.69 Å². The van der Waals surface area contributed by atoms with Gasteiger partial charge in [-0.1, -0.05) is 0 Å². The smallest absolute Gasteiger partial charge is 0.318 e. The van der Waals surface area contributed by atoms with Crippen LogP contribution < -0.4 is 5.32 Å². The molecule has 0 atom stereocenters. The Morgan fingerprint density at radius 2 is 2.24 bits per heavy atom. The van der Waals surface area contributed by atoms with Gasteiger partial charge in [0, 0.05) is 34.6 Å². The van der Waals surface area contributed by atoms with E-state index in [1.807, 2.05) is 0 Å². The maximum atomic E-state index is 11.6. The first-order valence-electron chi connectivity index (χ1n) is 4.92. The van der Waals surface area contributed by atoms with Crippen molar-refractivity contribution < 1.29 is 14.6 Å². The van der Waals surface area contributed by atoms with E-state index in [9.17, 15) is 9.70 Å². The van der Waals surface area contributed by atoms with E-state index in [1.54, 1.807) is 30.6 Å². The molecule has 0 aliphatic carbocycles. The van der Waals surface area contributed by atoms with Crippen molar-refractivity contribution in [1.29, 1.82) is 0 Å². The molecular formula is C11H11N2O3S+. The lowest BCUT2D eigenvalue weighted by atomic mass is 10.1. The highest BCUT2D eigenvalue weighted by molar-refractivity contribution is 7.17. The summed E-state index contributed by atoms with van der Waals surface area (Å²) in [6.07, 6.45) is 0. The fourth-order valence-corrected chi connectivity index (χ4v) is 2.52. The minimum absolute atomic E-state index is 0.130. The van der Waals surface area contributed by atoms with Crippen LogP contribution in [0.4, 0.5) is 5.69 Å². The van der Waals surface area contributed by atoms with Crippen molar-refractivity contribution in [3.05, 3.63) is 34.0 Å². The molecule has 0 aliphatic rings. The topological polar surface area (TPSA) is 58.4 Å². The number of nitrogens with zero attached hydrogens (tertiary/aromatic N) is 1. The maximum absolute atomic E-state index is 11.6. The van der Waals surface area contributed by atoms with Gasteiger partial charge in [-0.05, 0) is 6.07 Å². The van der Waals surface area contributed by atoms with Crippen LogP contribution in [0.15, 0.2) is 23.6 Å². The fraction of sp³-hybridized carbons (Fsp3) is 0.182. The number of hydrogen-bond acceptors (Lipinski definition) is 4. The van der Waals surface area contributed by atoms with E-state index in [0.29, 0.717) is 16.2 Å². The minimum Gasteiger partial charge on any atom is -0.355 e. The summed E-state index contributed by atoms with van der Waals surface area (Å²) in [5.74, 6) is -0.130. The van der Waals surface area contributed by atoms with Crippen LogP contribution in [0, 0.1) is 4.91 Å². The number of carbonyl (C=O) groups excluding carboxylic acids is 1. The molecule has 0 spiro atoms. The Balaban J connectivity index is 2.52. The van der Waals surface area contributed by atoms with Crippen molar-refractivity contribution in [1.82, 2.24) is 5.32 Å². The van der Waals surface area contributed by atoms with Crippen LogP contribution in [0.25, 0.3) is 10.1 Å². The molecule has 6 heteroatoms. The monoisotopic (exact) mass is 251 g/mol. The molecule has 17 heavy (non-hydrogen) atoms. The molecule has 0 radical (unpaired) electrons. The number of nitrogens with one attached hydrogen (secondary N) is 1. The van der Waals surface area contributed by atoms with E-state index >= 15 is 0 Å². The highest BCUT2D eigenvalue weighted by Crippen LogP contribution is 2.29. The molecule has 0 aliphatic heterocycles. The van der Waals surface area contributed by atoms with Crippen molar-refractivity contribution >= 4 is 33.0 Å². The molecule has 2 aromatic rings. The lowest BCUT2D eigenvalue weighted by Gasteiger charge is -1.96. The van der Waals surface area contributed by atoms with Crippen LogP contribution in [0.1, 0.15) is 10.4 Å². The second-order valence-corrected chi connectivity index (χ2v) is 4.26. The highest BCUT2D eigenvalue weighted by atomic mass is 32.1. The Bertz CT molecular complexity index is 591. The Kier molecular flexibility index (Phi) is 3.06. The molecule has 0 bridgehead atoms. The summed E-state index contributed by atoms with van der Waals surface area (Å²) in [7, 11) is 2.89. The Morgan fingerprint density at radius 3 is 2.88 bits per heavy atom. The molecule has 1 heterocycles. The first-order chi connectivity index (χ1) is 8.17. The third-order valence-electron chi connectivity index (χ3n) is 2.41. The van der Waals surface area contributed by atoms with Gasteiger partial charge in [0.1, 0.15) is 0 Å². The number of amides is 1. The third kappa shape index (κ3) is 1.99. The first kappa shape index (κ1) is 11.5. The van der Waals surface area contributed by atoms with Crippen LogP contribution >= 0.6 is 11.3 Å². The molecule has 1 amide bonds. The molecule has 0 unspecified atom stereocenters. The molecule has 1 aromatic carbocycles. The average Bonchev–Trinajstić information content (AvgIpc) is 2.79. The van der Waals surface area contributed by atoms with Gasteiger partial charge in [-0.3, -0.25) is 4.79 Å². The third-order valence-corrected chi connectivity index (χ3v) is 3.35. The number of hydrogen-bond donors (Lipinski definition) is 1. The molecule has 0 saturated carbocycles. The Hall–Kier alpha value is -1.95. The van der Waals surface area contributed by atoms with E-state index in [4.69, 9.17) is 0 Å². The predicted molar refractivity (Wildman–Crippen MR) is 65.5 cm³/mol. The van der Waals surface area contributed by atoms with E-state index in [0.717, 1.165) is 10.1 Å². The lowest BCUT2D eigenvalue weighted by Crippen LogP contribution is -2.17. The van der Waals surface area contributed by atoms with Gasteiger partial charge < -0.3 is 5.32 Å². The van der Waals surface area contributed by atoms with Gasteiger partial charge in [-0.25, -0.2) is 4.84 Å². The van der Waals surface area contributed by atoms with Crippen molar-refractivity contribution in [2.24, 2.45) is 0 Å². The summed E-state index contributed by atoms with van der Waals surface area (Å²) in [6, 6.07) is 5.07. The number of benzene rings is 1. The molecule has 5 nitrogen and oxygen atoms in total. The summed E-state index contributed by atoms with van der Waals surface area (Å²) in [5, 5.41) is 5.19. The van der Waals surface area contributed by atoms with Crippen LogP contribution in [-0.2, 0) is 4.84 Å². The maximum Gasteiger partial charge on any atom is 0.318 e. The SMILES string of the molecule is CNC(=O)c1csc2cc([N+](=O)OC)ccc12. The fourth-order valence-electron chi connectivity index (χ4n) is 1.55. The zero-order valence-corrected chi connectivity index (χ0v) is 10.2. The first-order valence-corrected chi connectivity index (χ1v) is 5.80. The second kappa shape index (κ2) is 4.50. The van der Waals surface area contributed by atoms with Crippen molar-refractivity contribution in [3.63, 3.8) is 0 Å². The molecular weight excluding hydrogens is 240 g/mol. The van der Waals surface area contributed by atoms with Gasteiger partial charge in [0.2, 0.25) is 0 Å². The molecule has 1 N–H and O–H groups in total. The summed E-state index contributed by atoms with van der Waals surface area (Å²) < 4.78 is 0.874.